The summed E-state index contributed by atoms with van der Waals surface area (Å²) in [5.74, 6) is 0. The molecule has 0 aliphatic carbocycles. The summed E-state index contributed by atoms with van der Waals surface area (Å²) < 4.78 is 0. The van der Waals surface area contributed by atoms with Gasteiger partial charge in [-0.3, -0.25) is 14.9 Å². The van der Waals surface area contributed by atoms with Gasteiger partial charge in [-0.25, -0.2) is 9.97 Å². The van der Waals surface area contributed by atoms with Crippen LogP contribution in [0.3, 0.4) is 0 Å². The molecule has 1 saturated heterocycles. The molecule has 1 N–H and O–H groups in total. The molecule has 0 atom stereocenters. The fraction of sp³-hybridized carbons (Fsp3) is 0.333. The van der Waals surface area contributed by atoms with E-state index in [2.05, 4.69) is 49.6 Å². The molecule has 7 heteroatoms. The quantitative estimate of drug-likeness (QED) is 0.547. The van der Waals surface area contributed by atoms with E-state index in [0.29, 0.717) is 6.04 Å². The van der Waals surface area contributed by atoms with E-state index >= 15 is 0 Å². The van der Waals surface area contributed by atoms with Crippen LogP contribution in [0.1, 0.15) is 19.5 Å². The lowest BCUT2D eigenvalue weighted by Crippen LogP contribution is -2.48. The Morgan fingerprint density at radius 1 is 0.903 bits per heavy atom. The van der Waals surface area contributed by atoms with Gasteiger partial charge in [-0.05, 0) is 51.1 Å². The van der Waals surface area contributed by atoms with Crippen LogP contribution >= 0.6 is 0 Å². The van der Waals surface area contributed by atoms with Crippen molar-refractivity contribution in [1.82, 2.24) is 29.8 Å². The number of H-pyrrole nitrogens is 1. The number of nitrogens with zero attached hydrogens (tertiary/aromatic N) is 6. The number of aryl methyl sites for hydroxylation is 1. The molecule has 158 valence electrons. The van der Waals surface area contributed by atoms with Crippen molar-refractivity contribution in [1.29, 1.82) is 0 Å². The fourth-order valence-electron chi connectivity index (χ4n) is 4.16. The molecule has 1 fully saturated rings. The van der Waals surface area contributed by atoms with Gasteiger partial charge in [0.2, 0.25) is 0 Å². The number of fused-ring (bicyclic) bond motifs is 1. The van der Waals surface area contributed by atoms with E-state index in [1.807, 2.05) is 43.5 Å². The van der Waals surface area contributed by atoms with Gasteiger partial charge in [0, 0.05) is 37.9 Å². The van der Waals surface area contributed by atoms with Crippen molar-refractivity contribution in [3.8, 4) is 22.8 Å². The van der Waals surface area contributed by atoms with Crippen LogP contribution in [0, 0.1) is 6.92 Å². The zero-order valence-corrected chi connectivity index (χ0v) is 18.2. The number of aromatic nitrogens is 5. The molecule has 0 amide bonds. The van der Waals surface area contributed by atoms with Gasteiger partial charge in [0.05, 0.1) is 46.3 Å². The van der Waals surface area contributed by atoms with Crippen LogP contribution in [0.4, 0.5) is 5.69 Å². The Balaban J connectivity index is 1.47. The van der Waals surface area contributed by atoms with Crippen molar-refractivity contribution in [3.05, 3.63) is 54.6 Å². The van der Waals surface area contributed by atoms with E-state index < -0.39 is 0 Å². The molecule has 5 rings (SSSR count). The number of piperazine rings is 1. The third-order valence-corrected chi connectivity index (χ3v) is 5.96. The zero-order chi connectivity index (χ0) is 21.4. The largest absolute Gasteiger partial charge is 0.368 e. The van der Waals surface area contributed by atoms with Crippen molar-refractivity contribution in [2.24, 2.45) is 0 Å². The molecule has 1 aliphatic rings. The maximum absolute atomic E-state index is 4.92. The Kier molecular flexibility index (Phi) is 5.11. The maximum atomic E-state index is 4.92. The van der Waals surface area contributed by atoms with Gasteiger partial charge >= 0.3 is 0 Å². The number of hydrogen-bond donors (Lipinski definition) is 1. The minimum atomic E-state index is 0.590. The molecule has 0 bridgehead atoms. The second-order valence-electron chi connectivity index (χ2n) is 8.34. The number of imidazole rings is 1. The summed E-state index contributed by atoms with van der Waals surface area (Å²) >= 11 is 0. The van der Waals surface area contributed by atoms with Crippen LogP contribution in [0.15, 0.2) is 48.9 Å². The molecular weight excluding hydrogens is 386 g/mol. The Labute approximate surface area is 182 Å². The summed E-state index contributed by atoms with van der Waals surface area (Å²) in [5, 5.41) is 0. The van der Waals surface area contributed by atoms with Gasteiger partial charge in [0.25, 0.3) is 0 Å². The molecule has 0 saturated carbocycles. The smallest absolute Gasteiger partial charge is 0.116 e. The average molecular weight is 414 g/mol. The predicted molar refractivity (Wildman–Crippen MR) is 124 cm³/mol. The van der Waals surface area contributed by atoms with Crippen LogP contribution in [0.5, 0.6) is 0 Å². The molecule has 1 aliphatic heterocycles. The molecular formula is C24H27N7. The summed E-state index contributed by atoms with van der Waals surface area (Å²) in [6, 6.07) is 12.7. The second-order valence-corrected chi connectivity index (χ2v) is 8.34. The fourth-order valence-corrected chi connectivity index (χ4v) is 4.16. The lowest BCUT2D eigenvalue weighted by atomic mass is 10.1. The number of rotatable bonds is 4. The average Bonchev–Trinajstić information content (AvgIpc) is 3.28. The molecule has 4 aromatic rings. The molecule has 31 heavy (non-hydrogen) atoms. The van der Waals surface area contributed by atoms with Gasteiger partial charge in [0.15, 0.2) is 0 Å². The lowest BCUT2D eigenvalue weighted by molar-refractivity contribution is 0.209. The number of aromatic amines is 1. The highest BCUT2D eigenvalue weighted by molar-refractivity contribution is 5.83. The summed E-state index contributed by atoms with van der Waals surface area (Å²) in [4.78, 5) is 26.9. The van der Waals surface area contributed by atoms with Crippen molar-refractivity contribution < 1.29 is 0 Å². The van der Waals surface area contributed by atoms with E-state index in [0.717, 1.165) is 71.4 Å². The van der Waals surface area contributed by atoms with E-state index in [4.69, 9.17) is 4.98 Å². The first-order chi connectivity index (χ1) is 15.1. The third kappa shape index (κ3) is 3.88. The minimum Gasteiger partial charge on any atom is -0.368 e. The van der Waals surface area contributed by atoms with E-state index in [1.54, 1.807) is 6.33 Å². The Bertz CT molecular complexity index is 1210. The van der Waals surface area contributed by atoms with Crippen LogP contribution < -0.4 is 4.90 Å². The minimum absolute atomic E-state index is 0.590. The van der Waals surface area contributed by atoms with E-state index in [1.165, 1.54) is 0 Å². The van der Waals surface area contributed by atoms with Crippen LogP contribution in [0.25, 0.3) is 33.8 Å². The van der Waals surface area contributed by atoms with E-state index in [9.17, 15) is 0 Å². The standard InChI is InChI=1S/C24H27N7/c1-16(2)30-9-11-31(12-10-30)18-13-22-19(25-14-18)7-8-21(29-22)24-23(26-15-27-24)20-6-4-5-17(3)28-20/h4-8,13-16H,9-12H2,1-3H3,(H,26,27). The number of hydrogen-bond acceptors (Lipinski definition) is 6. The van der Waals surface area contributed by atoms with Crippen molar-refractivity contribution >= 4 is 16.7 Å². The van der Waals surface area contributed by atoms with Gasteiger partial charge in [-0.15, -0.1) is 0 Å². The molecule has 0 aromatic carbocycles. The molecule has 5 heterocycles. The summed E-state index contributed by atoms with van der Waals surface area (Å²) in [7, 11) is 0. The molecule has 4 aromatic heterocycles. The van der Waals surface area contributed by atoms with Crippen molar-refractivity contribution in [2.45, 2.75) is 26.8 Å². The van der Waals surface area contributed by atoms with Crippen molar-refractivity contribution in [2.75, 3.05) is 31.1 Å². The lowest BCUT2D eigenvalue weighted by Gasteiger charge is -2.38. The highest BCUT2D eigenvalue weighted by atomic mass is 15.3. The highest BCUT2D eigenvalue weighted by Crippen LogP contribution is 2.29. The predicted octanol–water partition coefficient (Wildman–Crippen LogP) is 3.92. The highest BCUT2D eigenvalue weighted by Gasteiger charge is 2.20. The summed E-state index contributed by atoms with van der Waals surface area (Å²) in [6.07, 6.45) is 3.66. The second kappa shape index (κ2) is 8.07. The van der Waals surface area contributed by atoms with Crippen LogP contribution in [-0.4, -0.2) is 62.0 Å². The molecule has 7 nitrogen and oxygen atoms in total. The first-order valence-electron chi connectivity index (χ1n) is 10.8. The van der Waals surface area contributed by atoms with Gasteiger partial charge in [-0.1, -0.05) is 6.07 Å². The van der Waals surface area contributed by atoms with Gasteiger partial charge in [-0.2, -0.15) is 0 Å². The maximum Gasteiger partial charge on any atom is 0.116 e. The van der Waals surface area contributed by atoms with Crippen LogP contribution in [0.2, 0.25) is 0 Å². The molecule has 0 unspecified atom stereocenters. The Morgan fingerprint density at radius 3 is 2.52 bits per heavy atom. The first kappa shape index (κ1) is 19.6. The topological polar surface area (TPSA) is 73.8 Å². The van der Waals surface area contributed by atoms with Gasteiger partial charge < -0.3 is 9.88 Å². The zero-order valence-electron chi connectivity index (χ0n) is 18.2. The first-order valence-corrected chi connectivity index (χ1v) is 10.8. The molecule has 0 spiro atoms. The normalized spacial score (nSPS) is 15.2. The number of anilines is 1. The summed E-state index contributed by atoms with van der Waals surface area (Å²) in [6.45, 7) is 10.7. The monoisotopic (exact) mass is 413 g/mol. The third-order valence-electron chi connectivity index (χ3n) is 5.96. The van der Waals surface area contributed by atoms with E-state index in [-0.39, 0.29) is 0 Å². The number of pyridine rings is 3. The van der Waals surface area contributed by atoms with Crippen molar-refractivity contribution in [3.63, 3.8) is 0 Å². The van der Waals surface area contributed by atoms with Crippen LogP contribution in [-0.2, 0) is 0 Å². The SMILES string of the molecule is Cc1cccc(-c2[nH]cnc2-c2ccc3ncc(N4CCN(C(C)C)CC4)cc3n2)n1. The molecule has 0 radical (unpaired) electrons. The number of nitrogens with one attached hydrogen (secondary N) is 1. The van der Waals surface area contributed by atoms with Gasteiger partial charge in [0.1, 0.15) is 5.69 Å². The Hall–Kier alpha value is -3.32. The summed E-state index contributed by atoms with van der Waals surface area (Å²) in [5.41, 5.74) is 7.23. The Morgan fingerprint density at radius 2 is 1.74 bits per heavy atom.